The minimum atomic E-state index is -0.630. The summed E-state index contributed by atoms with van der Waals surface area (Å²) in [6.45, 7) is 1.82. The lowest BCUT2D eigenvalue weighted by Crippen LogP contribution is -2.30. The summed E-state index contributed by atoms with van der Waals surface area (Å²) < 4.78 is 5.96. The molecule has 0 fully saturated rings. The van der Waals surface area contributed by atoms with Crippen molar-refractivity contribution in [3.05, 3.63) is 105 Å². The third-order valence-electron chi connectivity index (χ3n) is 5.16. The number of halogens is 1. The summed E-state index contributed by atoms with van der Waals surface area (Å²) in [6.07, 6.45) is 1.61. The second kappa shape index (κ2) is 6.57. The number of aromatic nitrogens is 1. The summed E-state index contributed by atoms with van der Waals surface area (Å²) in [6, 6.07) is 17.4. The summed E-state index contributed by atoms with van der Waals surface area (Å²) in [5.74, 6) is 0.110. The molecule has 4 aromatic rings. The molecule has 2 aromatic carbocycles. The Hall–Kier alpha value is -3.44. The van der Waals surface area contributed by atoms with Gasteiger partial charge in [0, 0.05) is 11.2 Å². The Labute approximate surface area is 171 Å². The molecule has 1 atom stereocenters. The van der Waals surface area contributed by atoms with Gasteiger partial charge in [-0.2, -0.15) is 0 Å². The van der Waals surface area contributed by atoms with Crippen LogP contribution in [0.1, 0.15) is 33.3 Å². The van der Waals surface area contributed by atoms with Gasteiger partial charge in [-0.25, -0.2) is 4.98 Å². The van der Waals surface area contributed by atoms with Gasteiger partial charge in [0.15, 0.2) is 5.43 Å². The fourth-order valence-electron chi connectivity index (χ4n) is 3.78. The third-order valence-corrected chi connectivity index (χ3v) is 5.57. The van der Waals surface area contributed by atoms with E-state index < -0.39 is 6.04 Å². The van der Waals surface area contributed by atoms with Crippen molar-refractivity contribution >= 4 is 34.3 Å². The molecule has 5 rings (SSSR count). The van der Waals surface area contributed by atoms with Gasteiger partial charge in [-0.3, -0.25) is 14.5 Å². The van der Waals surface area contributed by atoms with Crippen molar-refractivity contribution in [3.63, 3.8) is 0 Å². The predicted octanol–water partition coefficient (Wildman–Crippen LogP) is 4.90. The lowest BCUT2D eigenvalue weighted by atomic mass is 9.98. The zero-order valence-electron chi connectivity index (χ0n) is 15.4. The maximum atomic E-state index is 13.5. The van der Waals surface area contributed by atoms with Crippen molar-refractivity contribution in [1.29, 1.82) is 0 Å². The SMILES string of the molecule is Cc1cc2oc3c(c(=O)c2cc1Cl)[C@H](c1ccccc1)N(c1ccccn1)C3=O. The van der Waals surface area contributed by atoms with Crippen LogP contribution < -0.4 is 10.3 Å². The predicted molar refractivity (Wildman–Crippen MR) is 112 cm³/mol. The second-order valence-corrected chi connectivity index (χ2v) is 7.36. The highest BCUT2D eigenvalue weighted by atomic mass is 35.5. The monoisotopic (exact) mass is 402 g/mol. The highest BCUT2D eigenvalue weighted by Gasteiger charge is 2.44. The topological polar surface area (TPSA) is 63.4 Å². The van der Waals surface area contributed by atoms with Crippen LogP contribution in [0.2, 0.25) is 5.02 Å². The zero-order chi connectivity index (χ0) is 20.1. The van der Waals surface area contributed by atoms with Crippen LogP contribution in [0.25, 0.3) is 11.0 Å². The third kappa shape index (κ3) is 2.66. The Balaban J connectivity index is 1.84. The van der Waals surface area contributed by atoms with Gasteiger partial charge in [0.1, 0.15) is 11.4 Å². The Kier molecular flexibility index (Phi) is 4.00. The van der Waals surface area contributed by atoms with E-state index in [1.807, 2.05) is 37.3 Å². The number of fused-ring (bicyclic) bond motifs is 2. The van der Waals surface area contributed by atoms with Gasteiger partial charge >= 0.3 is 0 Å². The van der Waals surface area contributed by atoms with Crippen molar-refractivity contribution < 1.29 is 9.21 Å². The summed E-state index contributed by atoms with van der Waals surface area (Å²) in [4.78, 5) is 32.7. The molecule has 0 saturated heterocycles. The number of benzene rings is 2. The van der Waals surface area contributed by atoms with Gasteiger partial charge in [-0.15, -0.1) is 0 Å². The summed E-state index contributed by atoms with van der Waals surface area (Å²) in [5, 5.41) is 0.836. The van der Waals surface area contributed by atoms with Crippen LogP contribution in [0, 0.1) is 6.92 Å². The molecule has 5 nitrogen and oxygen atoms in total. The number of amides is 1. The van der Waals surface area contributed by atoms with E-state index in [1.165, 1.54) is 4.90 Å². The van der Waals surface area contributed by atoms with Crippen LogP contribution in [0.5, 0.6) is 0 Å². The van der Waals surface area contributed by atoms with Gasteiger partial charge in [-0.1, -0.05) is 48.0 Å². The number of nitrogens with zero attached hydrogens (tertiary/aromatic N) is 2. The van der Waals surface area contributed by atoms with E-state index in [9.17, 15) is 9.59 Å². The molecule has 0 N–H and O–H groups in total. The zero-order valence-corrected chi connectivity index (χ0v) is 16.2. The first-order chi connectivity index (χ1) is 14.1. The molecule has 0 aliphatic carbocycles. The van der Waals surface area contributed by atoms with Gasteiger partial charge in [-0.05, 0) is 42.3 Å². The van der Waals surface area contributed by atoms with Gasteiger partial charge < -0.3 is 4.42 Å². The van der Waals surface area contributed by atoms with E-state index in [1.54, 1.807) is 36.5 Å². The smallest absolute Gasteiger partial charge is 0.296 e. The van der Waals surface area contributed by atoms with Crippen LogP contribution in [-0.4, -0.2) is 10.9 Å². The fourth-order valence-corrected chi connectivity index (χ4v) is 3.94. The van der Waals surface area contributed by atoms with E-state index in [2.05, 4.69) is 4.98 Å². The Morgan fingerprint density at radius 2 is 1.79 bits per heavy atom. The molecular weight excluding hydrogens is 388 g/mol. The molecule has 29 heavy (non-hydrogen) atoms. The Morgan fingerprint density at radius 3 is 2.52 bits per heavy atom. The lowest BCUT2D eigenvalue weighted by Gasteiger charge is -2.24. The van der Waals surface area contributed by atoms with Crippen LogP contribution in [0.4, 0.5) is 5.82 Å². The number of anilines is 1. The average molecular weight is 403 g/mol. The minimum Gasteiger partial charge on any atom is -0.450 e. The highest BCUT2D eigenvalue weighted by Crippen LogP contribution is 2.40. The number of rotatable bonds is 2. The minimum absolute atomic E-state index is 0.0451. The van der Waals surface area contributed by atoms with Gasteiger partial charge in [0.05, 0.1) is 17.0 Å². The average Bonchev–Trinajstić information content (AvgIpc) is 3.04. The van der Waals surface area contributed by atoms with Crippen LogP contribution in [0.3, 0.4) is 0 Å². The summed E-state index contributed by atoms with van der Waals surface area (Å²) in [7, 11) is 0. The molecule has 0 spiro atoms. The standard InChI is InChI=1S/C23H15ClN2O3/c1-13-11-17-15(12-16(13)24)21(27)19-20(14-7-3-2-4-8-14)26(23(28)22(19)29-17)18-9-5-6-10-25-18/h2-12,20H,1H3/t20-/m0/s1. The van der Waals surface area contributed by atoms with E-state index in [0.717, 1.165) is 11.1 Å². The number of hydrogen-bond acceptors (Lipinski definition) is 4. The van der Waals surface area contributed by atoms with Crippen LogP contribution in [0.15, 0.2) is 76.1 Å². The first kappa shape index (κ1) is 17.6. The van der Waals surface area contributed by atoms with Crippen LogP contribution >= 0.6 is 11.6 Å². The fraction of sp³-hybridized carbons (Fsp3) is 0.0870. The van der Waals surface area contributed by atoms with E-state index in [-0.39, 0.29) is 17.1 Å². The summed E-state index contributed by atoms with van der Waals surface area (Å²) in [5.41, 5.74) is 1.96. The van der Waals surface area contributed by atoms with E-state index in [4.69, 9.17) is 16.0 Å². The molecule has 6 heteroatoms. The molecule has 2 aromatic heterocycles. The van der Waals surface area contributed by atoms with Gasteiger partial charge in [0.25, 0.3) is 5.91 Å². The summed E-state index contributed by atoms with van der Waals surface area (Å²) >= 11 is 6.25. The molecule has 3 heterocycles. The van der Waals surface area contributed by atoms with E-state index in [0.29, 0.717) is 27.4 Å². The molecule has 142 valence electrons. The number of aryl methyl sites for hydroxylation is 1. The first-order valence-corrected chi connectivity index (χ1v) is 9.50. The van der Waals surface area contributed by atoms with Crippen molar-refractivity contribution in [3.8, 4) is 0 Å². The first-order valence-electron chi connectivity index (χ1n) is 9.12. The number of carbonyl (C=O) groups is 1. The second-order valence-electron chi connectivity index (χ2n) is 6.95. The Bertz CT molecular complexity index is 1320. The molecule has 0 radical (unpaired) electrons. The van der Waals surface area contributed by atoms with Gasteiger partial charge in [0.2, 0.25) is 5.76 Å². The maximum absolute atomic E-state index is 13.5. The molecule has 0 unspecified atom stereocenters. The molecular formula is C23H15ClN2O3. The van der Waals surface area contributed by atoms with Crippen molar-refractivity contribution in [2.45, 2.75) is 13.0 Å². The largest absolute Gasteiger partial charge is 0.450 e. The number of carbonyl (C=O) groups excluding carboxylic acids is 1. The number of hydrogen-bond donors (Lipinski definition) is 0. The van der Waals surface area contributed by atoms with Crippen LogP contribution in [-0.2, 0) is 0 Å². The maximum Gasteiger partial charge on any atom is 0.296 e. The molecule has 1 amide bonds. The number of pyridine rings is 1. The molecule has 1 aliphatic rings. The normalized spacial score (nSPS) is 15.7. The van der Waals surface area contributed by atoms with Crippen molar-refractivity contribution in [2.75, 3.05) is 4.90 Å². The molecule has 0 saturated carbocycles. The molecule has 0 bridgehead atoms. The highest BCUT2D eigenvalue weighted by molar-refractivity contribution is 6.32. The Morgan fingerprint density at radius 1 is 1.03 bits per heavy atom. The van der Waals surface area contributed by atoms with E-state index >= 15 is 0 Å². The van der Waals surface area contributed by atoms with Crippen molar-refractivity contribution in [1.82, 2.24) is 4.98 Å². The lowest BCUT2D eigenvalue weighted by molar-refractivity contribution is 0.0970. The quantitative estimate of drug-likeness (QED) is 0.478. The molecule has 1 aliphatic heterocycles. The van der Waals surface area contributed by atoms with Crippen molar-refractivity contribution in [2.24, 2.45) is 0 Å².